The number of methoxy groups -OCH3 is 1. The fraction of sp³-hybridized carbons (Fsp3) is 0.440. The zero-order valence-electron chi connectivity index (χ0n) is 20.4. The third-order valence-electron chi connectivity index (χ3n) is 5.62. The SMILES string of the molecule is COCCCNNC(=O)[C@]1(Cc2ccccc2CN=[N+]=[N-])COC(c2ccc(OCCCO)cc2)=N1. The van der Waals surface area contributed by atoms with Crippen molar-refractivity contribution < 1.29 is 24.1 Å². The van der Waals surface area contributed by atoms with Crippen molar-refractivity contribution in [1.29, 1.82) is 0 Å². The van der Waals surface area contributed by atoms with Crippen LogP contribution in [-0.2, 0) is 27.2 Å². The van der Waals surface area contributed by atoms with Crippen molar-refractivity contribution in [2.45, 2.75) is 31.3 Å². The zero-order valence-corrected chi connectivity index (χ0v) is 20.4. The number of nitrogens with zero attached hydrogens (tertiary/aromatic N) is 4. The molecule has 36 heavy (non-hydrogen) atoms. The van der Waals surface area contributed by atoms with Crippen molar-refractivity contribution in [2.24, 2.45) is 10.1 Å². The molecule has 1 heterocycles. The van der Waals surface area contributed by atoms with Crippen molar-refractivity contribution in [3.8, 4) is 5.75 Å². The Morgan fingerprint density at radius 3 is 2.69 bits per heavy atom. The summed E-state index contributed by atoms with van der Waals surface area (Å²) < 4.78 is 16.6. The number of nitrogens with one attached hydrogen (secondary N) is 2. The van der Waals surface area contributed by atoms with Crippen LogP contribution in [0.15, 0.2) is 58.6 Å². The van der Waals surface area contributed by atoms with E-state index in [-0.39, 0.29) is 32.1 Å². The van der Waals surface area contributed by atoms with Crippen molar-refractivity contribution in [3.63, 3.8) is 0 Å². The van der Waals surface area contributed by atoms with E-state index in [0.29, 0.717) is 37.8 Å². The van der Waals surface area contributed by atoms with Gasteiger partial charge in [0.15, 0.2) is 5.54 Å². The van der Waals surface area contributed by atoms with Crippen LogP contribution in [-0.4, -0.2) is 62.5 Å². The average Bonchev–Trinajstić information content (AvgIpc) is 3.34. The molecular formula is C25H32N6O5. The number of aliphatic hydroxyl groups is 1. The molecule has 0 aliphatic carbocycles. The van der Waals surface area contributed by atoms with Crippen LogP contribution in [0.5, 0.6) is 5.75 Å². The fourth-order valence-corrected chi connectivity index (χ4v) is 3.70. The molecule has 1 atom stereocenters. The summed E-state index contributed by atoms with van der Waals surface area (Å²) in [6, 6.07) is 14.7. The summed E-state index contributed by atoms with van der Waals surface area (Å²) in [4.78, 5) is 21.0. The summed E-state index contributed by atoms with van der Waals surface area (Å²) in [6.07, 6.45) is 1.55. The number of ether oxygens (including phenoxy) is 3. The Morgan fingerprint density at radius 2 is 1.97 bits per heavy atom. The second-order valence-electron chi connectivity index (χ2n) is 8.25. The normalized spacial score (nSPS) is 16.6. The quantitative estimate of drug-likeness (QED) is 0.113. The predicted molar refractivity (Wildman–Crippen MR) is 134 cm³/mol. The highest BCUT2D eigenvalue weighted by Gasteiger charge is 2.45. The molecule has 11 nitrogen and oxygen atoms in total. The molecule has 0 saturated heterocycles. The van der Waals surface area contributed by atoms with Crippen LogP contribution in [0, 0.1) is 0 Å². The molecule has 3 rings (SSSR count). The van der Waals surface area contributed by atoms with Gasteiger partial charge in [0.2, 0.25) is 5.90 Å². The monoisotopic (exact) mass is 496 g/mol. The first-order chi connectivity index (χ1) is 17.6. The molecule has 2 aromatic rings. The molecule has 192 valence electrons. The van der Waals surface area contributed by atoms with Crippen LogP contribution in [0.4, 0.5) is 0 Å². The second-order valence-corrected chi connectivity index (χ2v) is 8.25. The van der Waals surface area contributed by atoms with Crippen LogP contribution >= 0.6 is 0 Å². The Balaban J connectivity index is 1.83. The van der Waals surface area contributed by atoms with Crippen LogP contribution in [0.25, 0.3) is 10.4 Å². The second kappa shape index (κ2) is 14.1. The van der Waals surface area contributed by atoms with E-state index in [2.05, 4.69) is 20.9 Å². The molecular weight excluding hydrogens is 464 g/mol. The molecule has 0 aromatic heterocycles. The lowest BCUT2D eigenvalue weighted by molar-refractivity contribution is -0.127. The van der Waals surface area contributed by atoms with Crippen LogP contribution < -0.4 is 15.6 Å². The number of aliphatic hydroxyl groups excluding tert-OH is 1. The minimum atomic E-state index is -1.22. The number of hydrazine groups is 1. The number of carbonyl (C=O) groups excluding carboxylic acids is 1. The predicted octanol–water partition coefficient (Wildman–Crippen LogP) is 2.67. The van der Waals surface area contributed by atoms with Gasteiger partial charge in [0, 0.05) is 50.2 Å². The first kappa shape index (κ1) is 27.0. The highest BCUT2D eigenvalue weighted by Crippen LogP contribution is 2.29. The molecule has 2 aromatic carbocycles. The molecule has 3 N–H and O–H groups in total. The Morgan fingerprint density at radius 1 is 1.19 bits per heavy atom. The molecule has 0 saturated carbocycles. The fourth-order valence-electron chi connectivity index (χ4n) is 3.70. The summed E-state index contributed by atoms with van der Waals surface area (Å²) in [7, 11) is 1.63. The molecule has 1 amide bonds. The van der Waals surface area contributed by atoms with Gasteiger partial charge in [0.25, 0.3) is 5.91 Å². The zero-order chi connectivity index (χ0) is 25.6. The smallest absolute Gasteiger partial charge is 0.266 e. The van der Waals surface area contributed by atoms with Gasteiger partial charge in [0.05, 0.1) is 13.2 Å². The van der Waals surface area contributed by atoms with E-state index >= 15 is 0 Å². The lowest BCUT2D eigenvalue weighted by Gasteiger charge is -2.24. The summed E-state index contributed by atoms with van der Waals surface area (Å²) in [5.41, 5.74) is 15.6. The number of hydrogen-bond acceptors (Lipinski definition) is 8. The van der Waals surface area contributed by atoms with Crippen molar-refractivity contribution in [2.75, 3.05) is 40.1 Å². The number of hydrogen-bond donors (Lipinski definition) is 3. The standard InChI is InChI=1S/C25H32N6O5/c1-34-14-4-12-27-30-24(33)25(16-20-6-2-3-7-21(20)17-28-31-26)18-36-23(29-25)19-8-10-22(11-9-19)35-15-5-13-32/h2-3,6-11,27,32H,4-5,12-18H2,1H3,(H,30,33)/t25-/m0/s1. The summed E-state index contributed by atoms with van der Waals surface area (Å²) in [5.74, 6) is 0.707. The third-order valence-corrected chi connectivity index (χ3v) is 5.62. The maximum absolute atomic E-state index is 13.4. The highest BCUT2D eigenvalue weighted by atomic mass is 16.5. The topological polar surface area (TPSA) is 150 Å². The van der Waals surface area contributed by atoms with Crippen molar-refractivity contribution >= 4 is 11.8 Å². The Hall–Kier alpha value is -3.63. The average molecular weight is 497 g/mol. The molecule has 0 fully saturated rings. The van der Waals surface area contributed by atoms with Crippen LogP contribution in [0.1, 0.15) is 29.5 Å². The van der Waals surface area contributed by atoms with Gasteiger partial charge in [0.1, 0.15) is 12.4 Å². The van der Waals surface area contributed by atoms with E-state index in [9.17, 15) is 4.79 Å². The van der Waals surface area contributed by atoms with Gasteiger partial charge in [-0.15, -0.1) is 0 Å². The van der Waals surface area contributed by atoms with Crippen molar-refractivity contribution in [1.82, 2.24) is 10.9 Å². The number of aliphatic imine (C=N–C) groups is 1. The summed E-state index contributed by atoms with van der Waals surface area (Å²) >= 11 is 0. The largest absolute Gasteiger partial charge is 0.494 e. The number of azide groups is 1. The molecule has 0 radical (unpaired) electrons. The number of benzene rings is 2. The van der Waals surface area contributed by atoms with E-state index in [1.807, 2.05) is 36.4 Å². The van der Waals surface area contributed by atoms with E-state index < -0.39 is 5.54 Å². The van der Waals surface area contributed by atoms with Crippen molar-refractivity contribution in [3.05, 3.63) is 75.7 Å². The molecule has 0 unspecified atom stereocenters. The van der Waals surface area contributed by atoms with Gasteiger partial charge in [-0.2, -0.15) is 0 Å². The summed E-state index contributed by atoms with van der Waals surface area (Å²) in [6.45, 7) is 1.83. The molecule has 11 heteroatoms. The van der Waals surface area contributed by atoms with E-state index in [1.54, 1.807) is 19.2 Å². The minimum Gasteiger partial charge on any atom is -0.494 e. The number of amides is 1. The first-order valence-corrected chi connectivity index (χ1v) is 11.8. The molecule has 0 spiro atoms. The van der Waals surface area contributed by atoms with E-state index in [1.165, 1.54) is 0 Å². The van der Waals surface area contributed by atoms with Gasteiger partial charge < -0.3 is 19.3 Å². The first-order valence-electron chi connectivity index (χ1n) is 11.8. The van der Waals surface area contributed by atoms with Crippen LogP contribution in [0.3, 0.4) is 0 Å². The number of rotatable bonds is 15. The lowest BCUT2D eigenvalue weighted by atomic mass is 9.89. The minimum absolute atomic E-state index is 0.0541. The maximum atomic E-state index is 13.4. The van der Waals surface area contributed by atoms with Gasteiger partial charge >= 0.3 is 0 Å². The lowest BCUT2D eigenvalue weighted by Crippen LogP contribution is -2.53. The van der Waals surface area contributed by atoms with Gasteiger partial charge in [-0.1, -0.05) is 29.4 Å². The van der Waals surface area contributed by atoms with Crippen LogP contribution in [0.2, 0.25) is 0 Å². The van der Waals surface area contributed by atoms with Gasteiger partial charge in [-0.25, -0.2) is 10.4 Å². The van der Waals surface area contributed by atoms with Gasteiger partial charge in [-0.3, -0.25) is 10.2 Å². The Bertz CT molecular complexity index is 1070. The summed E-state index contributed by atoms with van der Waals surface area (Å²) in [5, 5.41) is 12.6. The van der Waals surface area contributed by atoms with E-state index in [0.717, 1.165) is 23.1 Å². The Kier molecular flexibility index (Phi) is 10.5. The molecule has 0 bridgehead atoms. The van der Waals surface area contributed by atoms with Gasteiger partial charge in [-0.05, 0) is 47.3 Å². The maximum Gasteiger partial charge on any atom is 0.266 e. The van der Waals surface area contributed by atoms with E-state index in [4.69, 9.17) is 29.8 Å². The molecule has 1 aliphatic heterocycles. The Labute approximate surface area is 210 Å². The number of carbonyl (C=O) groups is 1. The molecule has 1 aliphatic rings. The third kappa shape index (κ3) is 7.43. The highest BCUT2D eigenvalue weighted by molar-refractivity contribution is 6.00.